The van der Waals surface area contributed by atoms with E-state index in [0.29, 0.717) is 5.92 Å². The number of hydrogen-bond acceptors (Lipinski definition) is 2. The number of aryl methyl sites for hydroxylation is 1. The van der Waals surface area contributed by atoms with E-state index < -0.39 is 6.03 Å². The van der Waals surface area contributed by atoms with Crippen molar-refractivity contribution in [1.29, 1.82) is 0 Å². The molecule has 17 heavy (non-hydrogen) atoms. The summed E-state index contributed by atoms with van der Waals surface area (Å²) in [6, 6.07) is 5.76. The number of hydrogen-bond donors (Lipinski definition) is 2. The maximum Gasteiger partial charge on any atom is 0.332 e. The normalized spacial score (nSPS) is 21.1. The van der Waals surface area contributed by atoms with Gasteiger partial charge in [0.05, 0.1) is 5.71 Å². The van der Waals surface area contributed by atoms with E-state index in [1.807, 2.05) is 0 Å². The number of primary amides is 1. The van der Waals surface area contributed by atoms with Crippen LogP contribution in [0.25, 0.3) is 0 Å². The van der Waals surface area contributed by atoms with Crippen molar-refractivity contribution in [3.8, 4) is 0 Å². The van der Waals surface area contributed by atoms with Gasteiger partial charge < -0.3 is 5.73 Å². The van der Waals surface area contributed by atoms with Crippen molar-refractivity contribution in [2.45, 2.75) is 32.6 Å². The number of nitrogens with two attached hydrogens (primary N) is 1. The third-order valence-electron chi connectivity index (χ3n) is 3.17. The van der Waals surface area contributed by atoms with Crippen molar-refractivity contribution in [1.82, 2.24) is 5.43 Å². The Kier molecular flexibility index (Phi) is 3.13. The second kappa shape index (κ2) is 4.57. The van der Waals surface area contributed by atoms with Gasteiger partial charge in [0, 0.05) is 5.56 Å². The van der Waals surface area contributed by atoms with Gasteiger partial charge in [-0.3, -0.25) is 0 Å². The van der Waals surface area contributed by atoms with Crippen LogP contribution in [0.15, 0.2) is 23.3 Å². The van der Waals surface area contributed by atoms with Crippen LogP contribution >= 0.6 is 0 Å². The van der Waals surface area contributed by atoms with E-state index in [-0.39, 0.29) is 0 Å². The average molecular weight is 231 g/mol. The first-order valence-electron chi connectivity index (χ1n) is 5.81. The van der Waals surface area contributed by atoms with Crippen LogP contribution in [0.2, 0.25) is 0 Å². The fraction of sp³-hybridized carbons (Fsp3) is 0.385. The van der Waals surface area contributed by atoms with Crippen LogP contribution in [0.1, 0.15) is 42.4 Å². The Labute approximate surface area is 101 Å². The van der Waals surface area contributed by atoms with Gasteiger partial charge in [-0.05, 0) is 37.3 Å². The van der Waals surface area contributed by atoms with Crippen LogP contribution < -0.4 is 11.2 Å². The first-order chi connectivity index (χ1) is 8.08. The Balaban J connectivity index is 2.40. The highest BCUT2D eigenvalue weighted by Gasteiger charge is 2.21. The number of nitrogens with zero attached hydrogens (tertiary/aromatic N) is 1. The minimum Gasteiger partial charge on any atom is -0.350 e. The molecule has 4 heteroatoms. The summed E-state index contributed by atoms with van der Waals surface area (Å²) in [6.07, 6.45) is 1.92. The third kappa shape index (κ3) is 2.46. The smallest absolute Gasteiger partial charge is 0.332 e. The number of rotatable bonds is 1. The highest BCUT2D eigenvalue weighted by Crippen LogP contribution is 2.31. The maximum atomic E-state index is 10.7. The fourth-order valence-corrected chi connectivity index (χ4v) is 2.23. The van der Waals surface area contributed by atoms with Crippen molar-refractivity contribution >= 4 is 11.7 Å². The Morgan fingerprint density at radius 1 is 1.53 bits per heavy atom. The van der Waals surface area contributed by atoms with Crippen LogP contribution in [0.3, 0.4) is 0 Å². The van der Waals surface area contributed by atoms with Crippen LogP contribution in [0, 0.1) is 6.92 Å². The van der Waals surface area contributed by atoms with Crippen molar-refractivity contribution < 1.29 is 4.79 Å². The average Bonchev–Trinajstić information content (AvgIpc) is 2.28. The van der Waals surface area contributed by atoms with E-state index >= 15 is 0 Å². The summed E-state index contributed by atoms with van der Waals surface area (Å²) in [4.78, 5) is 10.7. The molecule has 0 radical (unpaired) electrons. The number of nitrogens with one attached hydrogen (secondary N) is 1. The number of amides is 2. The van der Waals surface area contributed by atoms with E-state index in [1.54, 1.807) is 0 Å². The molecule has 0 saturated heterocycles. The van der Waals surface area contributed by atoms with Crippen molar-refractivity contribution in [2.24, 2.45) is 10.8 Å². The minimum absolute atomic E-state index is 0.540. The van der Waals surface area contributed by atoms with Crippen molar-refractivity contribution in [3.63, 3.8) is 0 Å². The molecular weight excluding hydrogens is 214 g/mol. The minimum atomic E-state index is -0.620. The van der Waals surface area contributed by atoms with Crippen molar-refractivity contribution in [3.05, 3.63) is 34.9 Å². The Morgan fingerprint density at radius 2 is 2.29 bits per heavy atom. The molecule has 2 rings (SSSR count). The predicted molar refractivity (Wildman–Crippen MR) is 68.1 cm³/mol. The summed E-state index contributed by atoms with van der Waals surface area (Å²) in [5.41, 5.74) is 11.9. The molecule has 0 aliphatic heterocycles. The molecule has 0 heterocycles. The summed E-state index contributed by atoms with van der Waals surface area (Å²) in [5, 5.41) is 4.09. The number of carbonyl (C=O) groups excluding carboxylic acids is 1. The Hall–Kier alpha value is -1.84. The van der Waals surface area contributed by atoms with Crippen LogP contribution in [0.4, 0.5) is 4.79 Å². The lowest BCUT2D eigenvalue weighted by molar-refractivity contribution is 0.249. The molecule has 1 aromatic rings. The number of fused-ring (bicyclic) bond motifs is 1. The van der Waals surface area contributed by atoms with E-state index in [4.69, 9.17) is 5.73 Å². The number of urea groups is 1. The molecule has 1 aliphatic carbocycles. The van der Waals surface area contributed by atoms with Gasteiger partial charge in [0.25, 0.3) is 0 Å². The highest BCUT2D eigenvalue weighted by atomic mass is 16.2. The monoisotopic (exact) mass is 231 g/mol. The molecule has 0 fully saturated rings. The van der Waals surface area contributed by atoms with Gasteiger partial charge in [-0.25, -0.2) is 10.2 Å². The molecular formula is C13H17N3O. The number of carbonyl (C=O) groups is 1. The van der Waals surface area contributed by atoms with Gasteiger partial charge in [-0.15, -0.1) is 0 Å². The number of benzene rings is 1. The second-order valence-corrected chi connectivity index (χ2v) is 4.56. The molecule has 0 aromatic heterocycles. The Bertz CT molecular complexity index is 480. The molecule has 4 nitrogen and oxygen atoms in total. The molecule has 1 aliphatic rings. The number of hydrazone groups is 1. The fourth-order valence-electron chi connectivity index (χ4n) is 2.23. The van der Waals surface area contributed by atoms with E-state index in [9.17, 15) is 4.79 Å². The molecule has 1 aromatic carbocycles. The van der Waals surface area contributed by atoms with E-state index in [0.717, 1.165) is 24.1 Å². The van der Waals surface area contributed by atoms with Gasteiger partial charge in [-0.2, -0.15) is 5.10 Å². The maximum absolute atomic E-state index is 10.7. The largest absolute Gasteiger partial charge is 0.350 e. The van der Waals surface area contributed by atoms with Gasteiger partial charge in [0.15, 0.2) is 0 Å². The highest BCUT2D eigenvalue weighted by molar-refractivity contribution is 6.03. The molecule has 90 valence electrons. The second-order valence-electron chi connectivity index (χ2n) is 4.56. The molecule has 1 atom stereocenters. The zero-order valence-electron chi connectivity index (χ0n) is 10.2. The lowest BCUT2D eigenvalue weighted by atomic mass is 9.82. The van der Waals surface area contributed by atoms with Gasteiger partial charge in [0.2, 0.25) is 0 Å². The van der Waals surface area contributed by atoms with Crippen LogP contribution in [-0.2, 0) is 0 Å². The van der Waals surface area contributed by atoms with E-state index in [1.165, 1.54) is 11.1 Å². The predicted octanol–water partition coefficient (Wildman–Crippen LogP) is 2.26. The zero-order chi connectivity index (χ0) is 12.4. The molecule has 0 bridgehead atoms. The van der Waals surface area contributed by atoms with Crippen LogP contribution in [-0.4, -0.2) is 11.7 Å². The lowest BCUT2D eigenvalue weighted by Crippen LogP contribution is -2.27. The van der Waals surface area contributed by atoms with Gasteiger partial charge in [0.1, 0.15) is 0 Å². The molecule has 0 saturated carbocycles. The Morgan fingerprint density at radius 3 is 3.00 bits per heavy atom. The van der Waals surface area contributed by atoms with Crippen LogP contribution in [0.5, 0.6) is 0 Å². The molecule has 0 unspecified atom stereocenters. The summed E-state index contributed by atoms with van der Waals surface area (Å²) in [5.74, 6) is 0.540. The molecule has 0 spiro atoms. The van der Waals surface area contributed by atoms with Gasteiger partial charge >= 0.3 is 6.03 Å². The summed E-state index contributed by atoms with van der Waals surface area (Å²) >= 11 is 0. The zero-order valence-corrected chi connectivity index (χ0v) is 10.2. The standard InChI is InChI=1S/C13H17N3O/c1-8-3-5-10-9(2)4-6-12(11(10)7-8)15-16-13(14)17/h3,5,7,9H,4,6H2,1-2H3,(H3,14,16,17)/t9-/m0/s1. The molecule has 2 amide bonds. The first-order valence-corrected chi connectivity index (χ1v) is 5.81. The summed E-state index contributed by atoms with van der Waals surface area (Å²) in [7, 11) is 0. The topological polar surface area (TPSA) is 67.5 Å². The molecule has 3 N–H and O–H groups in total. The van der Waals surface area contributed by atoms with E-state index in [2.05, 4.69) is 42.6 Å². The SMILES string of the molecule is Cc1ccc2c(c1)C(=NNC(N)=O)CC[C@@H]2C. The first kappa shape index (κ1) is 11.6. The van der Waals surface area contributed by atoms with Crippen molar-refractivity contribution in [2.75, 3.05) is 0 Å². The lowest BCUT2D eigenvalue weighted by Gasteiger charge is -2.24. The summed E-state index contributed by atoms with van der Waals surface area (Å²) < 4.78 is 0. The third-order valence-corrected chi connectivity index (χ3v) is 3.17. The quantitative estimate of drug-likeness (QED) is 0.715. The van der Waals surface area contributed by atoms with Gasteiger partial charge in [-0.1, -0.05) is 24.6 Å². The summed E-state index contributed by atoms with van der Waals surface area (Å²) in [6.45, 7) is 4.27.